The van der Waals surface area contributed by atoms with Gasteiger partial charge in [0, 0.05) is 28.6 Å². The van der Waals surface area contributed by atoms with E-state index in [4.69, 9.17) is 25.2 Å². The van der Waals surface area contributed by atoms with E-state index in [9.17, 15) is 14.4 Å². The van der Waals surface area contributed by atoms with Crippen LogP contribution in [0.4, 0.5) is 0 Å². The molecule has 3 aromatic rings. The number of carbonyl (C=O) groups excluding carboxylic acids is 2. The minimum atomic E-state index is -2.88. The number of hydrogen-bond acceptors (Lipinski definition) is 5. The van der Waals surface area contributed by atoms with Crippen LogP contribution in [-0.2, 0) is 16.0 Å². The maximum absolute atomic E-state index is 13.4. The van der Waals surface area contributed by atoms with E-state index in [1.165, 1.54) is 31.3 Å². The standard InChI is InChI=1S/C27H28ClNO5/c1-17(30)20-12-11-19(28)14-21(20)22-15-25(31)29(16-24(22)33-5)23(26(32)34-27(2,3)4)13-18-9-7-6-8-10-18/h6-12,14-16,23H,13H2,1-5H3/i5D3. The number of carbonyl (C=O) groups is 2. The number of nitrogens with zero attached hydrogens (tertiary/aromatic N) is 1. The fourth-order valence-corrected chi connectivity index (χ4v) is 3.78. The van der Waals surface area contributed by atoms with E-state index in [2.05, 4.69) is 0 Å². The van der Waals surface area contributed by atoms with Crippen molar-refractivity contribution in [2.24, 2.45) is 0 Å². The van der Waals surface area contributed by atoms with Crippen LogP contribution in [0.3, 0.4) is 0 Å². The molecule has 3 rings (SSSR count). The third kappa shape index (κ3) is 5.94. The highest BCUT2D eigenvalue weighted by molar-refractivity contribution is 6.31. The number of methoxy groups -OCH3 is 1. The van der Waals surface area contributed by atoms with Crippen molar-refractivity contribution in [3.05, 3.63) is 87.3 Å². The first kappa shape index (κ1) is 21.2. The molecule has 0 amide bonds. The molecule has 0 aliphatic heterocycles. The molecule has 0 fully saturated rings. The van der Waals surface area contributed by atoms with Crippen molar-refractivity contribution < 1.29 is 23.2 Å². The van der Waals surface area contributed by atoms with Crippen LogP contribution in [0.15, 0.2) is 65.6 Å². The van der Waals surface area contributed by atoms with E-state index in [1.54, 1.807) is 32.9 Å². The van der Waals surface area contributed by atoms with E-state index in [0.29, 0.717) is 0 Å². The molecule has 0 aliphatic carbocycles. The predicted octanol–water partition coefficient (Wildman–Crippen LogP) is 5.51. The van der Waals surface area contributed by atoms with E-state index >= 15 is 0 Å². The molecule has 0 bridgehead atoms. The lowest BCUT2D eigenvalue weighted by atomic mass is 9.97. The molecule has 7 heteroatoms. The first-order valence-electron chi connectivity index (χ1n) is 12.2. The lowest BCUT2D eigenvalue weighted by Gasteiger charge is -2.26. The van der Waals surface area contributed by atoms with Gasteiger partial charge in [-0.1, -0.05) is 41.9 Å². The molecule has 0 saturated carbocycles. The smallest absolute Gasteiger partial charge is 0.330 e. The maximum atomic E-state index is 13.4. The molecule has 1 aromatic heterocycles. The summed E-state index contributed by atoms with van der Waals surface area (Å²) in [6.07, 6.45) is 1.28. The van der Waals surface area contributed by atoms with Gasteiger partial charge in [-0.15, -0.1) is 0 Å². The monoisotopic (exact) mass is 484 g/mol. The molecule has 0 spiro atoms. The lowest BCUT2D eigenvalue weighted by Crippen LogP contribution is -2.36. The summed E-state index contributed by atoms with van der Waals surface area (Å²) in [5.74, 6) is -1.20. The van der Waals surface area contributed by atoms with Crippen LogP contribution in [0.2, 0.25) is 5.02 Å². The first-order valence-corrected chi connectivity index (χ1v) is 11.1. The highest BCUT2D eigenvalue weighted by Gasteiger charge is 2.29. The quantitative estimate of drug-likeness (QED) is 0.326. The van der Waals surface area contributed by atoms with Gasteiger partial charge in [-0.3, -0.25) is 14.2 Å². The number of ketones is 1. The van der Waals surface area contributed by atoms with Crippen LogP contribution in [0.25, 0.3) is 11.1 Å². The van der Waals surface area contributed by atoms with Crippen molar-refractivity contribution in [3.8, 4) is 16.9 Å². The van der Waals surface area contributed by atoms with Crippen molar-refractivity contribution in [1.82, 2.24) is 4.57 Å². The topological polar surface area (TPSA) is 74.6 Å². The van der Waals surface area contributed by atoms with E-state index in [1.807, 2.05) is 18.2 Å². The average molecular weight is 485 g/mol. The summed E-state index contributed by atoms with van der Waals surface area (Å²) >= 11 is 6.16. The normalized spacial score (nSPS) is 13.9. The number of aromatic nitrogens is 1. The Morgan fingerprint density at radius 2 is 1.79 bits per heavy atom. The number of Topliss-reactive ketones (excluding diaryl/α,β-unsaturated/α-hetero) is 1. The Labute approximate surface area is 208 Å². The summed E-state index contributed by atoms with van der Waals surface area (Å²) in [5.41, 5.74) is -0.154. The molecule has 2 aromatic carbocycles. The van der Waals surface area contributed by atoms with Gasteiger partial charge in [-0.25, -0.2) is 4.79 Å². The van der Waals surface area contributed by atoms with Crippen LogP contribution < -0.4 is 10.3 Å². The average Bonchev–Trinajstić information content (AvgIpc) is 2.77. The molecule has 0 aliphatic rings. The molecule has 0 saturated heterocycles. The Balaban J connectivity index is 2.25. The molecule has 0 N–H and O–H groups in total. The highest BCUT2D eigenvalue weighted by atomic mass is 35.5. The van der Waals surface area contributed by atoms with Gasteiger partial charge in [-0.05, 0) is 57.0 Å². The molecular formula is C27H28ClNO5. The zero-order chi connectivity index (χ0) is 27.5. The minimum absolute atomic E-state index is 0.0627. The Bertz CT molecular complexity index is 1360. The van der Waals surface area contributed by atoms with Crippen LogP contribution in [-0.4, -0.2) is 29.0 Å². The van der Waals surface area contributed by atoms with Crippen LogP contribution >= 0.6 is 11.6 Å². The molecule has 1 unspecified atom stereocenters. The van der Waals surface area contributed by atoms with Crippen molar-refractivity contribution in [2.45, 2.75) is 45.8 Å². The van der Waals surface area contributed by atoms with Gasteiger partial charge in [0.1, 0.15) is 17.4 Å². The number of rotatable bonds is 7. The van der Waals surface area contributed by atoms with E-state index < -0.39 is 30.2 Å². The summed E-state index contributed by atoms with van der Waals surface area (Å²) in [5, 5.41) is 0.278. The largest absolute Gasteiger partial charge is 0.495 e. The summed E-state index contributed by atoms with van der Waals surface area (Å²) in [6, 6.07) is 13.5. The van der Waals surface area contributed by atoms with Gasteiger partial charge in [0.25, 0.3) is 5.56 Å². The third-order valence-corrected chi connectivity index (χ3v) is 5.33. The SMILES string of the molecule is [2H]C([2H])([2H])Oc1cn(C(Cc2ccccc2)C(=O)OC(C)(C)C)c(=O)cc1-c1cc(Cl)ccc1C(C)=O. The van der Waals surface area contributed by atoms with E-state index in [-0.39, 0.29) is 39.7 Å². The fourth-order valence-electron chi connectivity index (χ4n) is 3.61. The van der Waals surface area contributed by atoms with Crippen molar-refractivity contribution >= 4 is 23.4 Å². The number of ether oxygens (including phenoxy) is 2. The number of pyridine rings is 1. The number of halogens is 1. The molecule has 6 nitrogen and oxygen atoms in total. The zero-order valence-corrected chi connectivity index (χ0v) is 20.2. The molecular weight excluding hydrogens is 454 g/mol. The number of hydrogen-bond donors (Lipinski definition) is 0. The third-order valence-electron chi connectivity index (χ3n) is 5.09. The zero-order valence-electron chi connectivity index (χ0n) is 22.4. The summed E-state index contributed by atoms with van der Waals surface area (Å²) in [6.45, 7) is 6.47. The van der Waals surface area contributed by atoms with Gasteiger partial charge in [0.15, 0.2) is 5.78 Å². The van der Waals surface area contributed by atoms with Crippen LogP contribution in [0.5, 0.6) is 5.75 Å². The second kappa shape index (κ2) is 10.3. The van der Waals surface area contributed by atoms with Crippen molar-refractivity contribution in [3.63, 3.8) is 0 Å². The van der Waals surface area contributed by atoms with Gasteiger partial charge in [0.05, 0.1) is 17.3 Å². The number of esters is 1. The molecule has 178 valence electrons. The van der Waals surface area contributed by atoms with Gasteiger partial charge in [0.2, 0.25) is 0 Å². The second-order valence-corrected chi connectivity index (χ2v) is 9.32. The molecule has 1 heterocycles. The Hall–Kier alpha value is -3.38. The highest BCUT2D eigenvalue weighted by Crippen LogP contribution is 2.34. The summed E-state index contributed by atoms with van der Waals surface area (Å²) < 4.78 is 34.9. The summed E-state index contributed by atoms with van der Waals surface area (Å²) in [7, 11) is -2.88. The molecule has 34 heavy (non-hydrogen) atoms. The Morgan fingerprint density at radius 1 is 1.09 bits per heavy atom. The van der Waals surface area contributed by atoms with Gasteiger partial charge in [-0.2, -0.15) is 0 Å². The lowest BCUT2D eigenvalue weighted by molar-refractivity contribution is -0.159. The van der Waals surface area contributed by atoms with Crippen molar-refractivity contribution in [1.29, 1.82) is 0 Å². The number of benzene rings is 2. The maximum Gasteiger partial charge on any atom is 0.330 e. The van der Waals surface area contributed by atoms with E-state index in [0.717, 1.165) is 16.2 Å². The molecule has 1 atom stereocenters. The fraction of sp³-hybridized carbons (Fsp3) is 0.296. The van der Waals surface area contributed by atoms with Crippen LogP contribution in [0.1, 0.15) is 53.8 Å². The molecule has 0 radical (unpaired) electrons. The van der Waals surface area contributed by atoms with Gasteiger partial charge >= 0.3 is 5.97 Å². The minimum Gasteiger partial charge on any atom is -0.495 e. The summed E-state index contributed by atoms with van der Waals surface area (Å²) in [4.78, 5) is 39.0. The first-order chi connectivity index (χ1) is 17.1. The van der Waals surface area contributed by atoms with Crippen LogP contribution in [0, 0.1) is 0 Å². The van der Waals surface area contributed by atoms with Gasteiger partial charge < -0.3 is 9.47 Å². The second-order valence-electron chi connectivity index (χ2n) is 8.88. The predicted molar refractivity (Wildman–Crippen MR) is 133 cm³/mol. The Morgan fingerprint density at radius 3 is 2.41 bits per heavy atom. The van der Waals surface area contributed by atoms with Crippen molar-refractivity contribution in [2.75, 3.05) is 7.04 Å². The Kier molecular flexibility index (Phi) is 6.39.